The molecule has 4 heteroatoms. The normalized spacial score (nSPS) is 10.8. The summed E-state index contributed by atoms with van der Waals surface area (Å²) in [6.45, 7) is 1.90. The second-order valence-electron chi connectivity index (χ2n) is 2.80. The van der Waals surface area contributed by atoms with Crippen molar-refractivity contribution in [2.45, 2.75) is 6.92 Å². The van der Waals surface area contributed by atoms with Crippen molar-refractivity contribution < 1.29 is 0 Å². The predicted molar refractivity (Wildman–Crippen MR) is 45.2 cm³/mol. The van der Waals surface area contributed by atoms with Gasteiger partial charge in [0.25, 0.3) is 5.56 Å². The van der Waals surface area contributed by atoms with Gasteiger partial charge < -0.3 is 0 Å². The molecule has 2 heterocycles. The van der Waals surface area contributed by atoms with Gasteiger partial charge in [-0.1, -0.05) is 0 Å². The molecule has 0 spiro atoms. The second kappa shape index (κ2) is 2.20. The Morgan fingerprint density at radius 3 is 3.00 bits per heavy atom. The Morgan fingerprint density at radius 1 is 1.50 bits per heavy atom. The first-order valence-corrected chi connectivity index (χ1v) is 3.70. The number of rotatable bonds is 0. The first-order valence-electron chi connectivity index (χ1n) is 3.70. The highest BCUT2D eigenvalue weighted by molar-refractivity contribution is 5.39. The summed E-state index contributed by atoms with van der Waals surface area (Å²) >= 11 is 0. The summed E-state index contributed by atoms with van der Waals surface area (Å²) in [5, 5.41) is 4.17. The number of hydrogen-bond donors (Lipinski definition) is 0. The molecule has 0 fully saturated rings. The van der Waals surface area contributed by atoms with Crippen LogP contribution in [0.2, 0.25) is 0 Å². The van der Waals surface area contributed by atoms with Gasteiger partial charge in [0.2, 0.25) is 0 Å². The third kappa shape index (κ3) is 0.845. The summed E-state index contributed by atoms with van der Waals surface area (Å²) in [5.41, 5.74) is 1.72. The Bertz CT molecular complexity index is 480. The molecule has 2 rings (SSSR count). The molecular formula is C8H9N3O. The summed E-state index contributed by atoms with van der Waals surface area (Å²) < 4.78 is 3.26. The van der Waals surface area contributed by atoms with E-state index in [1.807, 2.05) is 13.0 Å². The van der Waals surface area contributed by atoms with Gasteiger partial charge in [-0.3, -0.25) is 9.36 Å². The van der Waals surface area contributed by atoms with Gasteiger partial charge in [-0.05, 0) is 6.92 Å². The minimum Gasteiger partial charge on any atom is -0.296 e. The summed E-state index contributed by atoms with van der Waals surface area (Å²) in [7, 11) is 1.73. The lowest BCUT2D eigenvalue weighted by atomic mass is 10.5. The molecule has 0 aliphatic carbocycles. The van der Waals surface area contributed by atoms with Crippen LogP contribution in [0.3, 0.4) is 0 Å². The molecule has 0 saturated heterocycles. The highest BCUT2D eigenvalue weighted by atomic mass is 16.1. The van der Waals surface area contributed by atoms with E-state index in [1.165, 1.54) is 6.07 Å². The zero-order valence-electron chi connectivity index (χ0n) is 6.98. The van der Waals surface area contributed by atoms with E-state index in [9.17, 15) is 4.79 Å². The van der Waals surface area contributed by atoms with E-state index in [1.54, 1.807) is 22.3 Å². The maximum atomic E-state index is 11.2. The van der Waals surface area contributed by atoms with E-state index < -0.39 is 0 Å². The van der Waals surface area contributed by atoms with E-state index in [4.69, 9.17) is 0 Å². The van der Waals surface area contributed by atoms with Crippen LogP contribution in [0, 0.1) is 6.92 Å². The summed E-state index contributed by atoms with van der Waals surface area (Å²) in [6, 6.07) is 3.38. The van der Waals surface area contributed by atoms with Crippen LogP contribution in [0.25, 0.3) is 5.65 Å². The van der Waals surface area contributed by atoms with Crippen LogP contribution in [0.15, 0.2) is 23.1 Å². The third-order valence-electron chi connectivity index (χ3n) is 1.87. The van der Waals surface area contributed by atoms with Crippen molar-refractivity contribution in [3.05, 3.63) is 34.4 Å². The van der Waals surface area contributed by atoms with E-state index in [2.05, 4.69) is 5.10 Å². The van der Waals surface area contributed by atoms with E-state index in [0.717, 1.165) is 11.3 Å². The molecule has 2 aromatic heterocycles. The smallest absolute Gasteiger partial charge is 0.253 e. The Kier molecular flexibility index (Phi) is 1.30. The van der Waals surface area contributed by atoms with Crippen molar-refractivity contribution in [3.8, 4) is 0 Å². The number of aryl methyl sites for hydroxylation is 2. The molecule has 0 aromatic carbocycles. The maximum Gasteiger partial charge on any atom is 0.253 e. The standard InChI is InChI=1S/C8H9N3O/c1-6-5-7-10(2)8(12)3-4-11(7)9-6/h3-5H,1-2H3. The average molecular weight is 163 g/mol. The molecule has 0 saturated carbocycles. The molecular weight excluding hydrogens is 154 g/mol. The lowest BCUT2D eigenvalue weighted by Gasteiger charge is -1.97. The maximum absolute atomic E-state index is 11.2. The molecule has 2 aromatic rings. The minimum atomic E-state index is -0.0117. The van der Waals surface area contributed by atoms with Gasteiger partial charge in [-0.2, -0.15) is 5.10 Å². The van der Waals surface area contributed by atoms with E-state index in [0.29, 0.717) is 0 Å². The van der Waals surface area contributed by atoms with E-state index >= 15 is 0 Å². The lowest BCUT2D eigenvalue weighted by molar-refractivity contribution is 0.816. The van der Waals surface area contributed by atoms with Gasteiger partial charge in [0.15, 0.2) is 0 Å². The predicted octanol–water partition coefficient (Wildman–Crippen LogP) is 0.341. The van der Waals surface area contributed by atoms with Gasteiger partial charge in [0.1, 0.15) is 5.65 Å². The topological polar surface area (TPSA) is 39.3 Å². The zero-order valence-corrected chi connectivity index (χ0v) is 6.98. The number of hydrogen-bond acceptors (Lipinski definition) is 2. The Balaban J connectivity index is 2.99. The molecule has 0 radical (unpaired) electrons. The summed E-state index contributed by atoms with van der Waals surface area (Å²) in [4.78, 5) is 11.2. The van der Waals surface area contributed by atoms with Crippen molar-refractivity contribution in [3.63, 3.8) is 0 Å². The first kappa shape index (κ1) is 7.09. The minimum absolute atomic E-state index is 0.0117. The average Bonchev–Trinajstić information content (AvgIpc) is 2.39. The molecule has 0 aliphatic rings. The molecule has 62 valence electrons. The van der Waals surface area contributed by atoms with Gasteiger partial charge in [-0.15, -0.1) is 0 Å². The van der Waals surface area contributed by atoms with Crippen molar-refractivity contribution in [2.75, 3.05) is 0 Å². The molecule has 0 amide bonds. The van der Waals surface area contributed by atoms with Crippen LogP contribution >= 0.6 is 0 Å². The second-order valence-corrected chi connectivity index (χ2v) is 2.80. The molecule has 0 bridgehead atoms. The number of aromatic nitrogens is 3. The Hall–Kier alpha value is -1.58. The third-order valence-corrected chi connectivity index (χ3v) is 1.87. The molecule has 0 N–H and O–H groups in total. The van der Waals surface area contributed by atoms with E-state index in [-0.39, 0.29) is 5.56 Å². The number of nitrogens with zero attached hydrogens (tertiary/aromatic N) is 3. The van der Waals surface area contributed by atoms with Crippen molar-refractivity contribution >= 4 is 5.65 Å². The Labute approximate surface area is 69.1 Å². The van der Waals surface area contributed by atoms with Crippen LogP contribution in [0.4, 0.5) is 0 Å². The van der Waals surface area contributed by atoms with Crippen molar-refractivity contribution in [1.82, 2.24) is 14.2 Å². The van der Waals surface area contributed by atoms with Crippen LogP contribution in [-0.4, -0.2) is 14.2 Å². The van der Waals surface area contributed by atoms with Crippen molar-refractivity contribution in [2.24, 2.45) is 7.05 Å². The monoisotopic (exact) mass is 163 g/mol. The van der Waals surface area contributed by atoms with Crippen LogP contribution in [0.1, 0.15) is 5.69 Å². The lowest BCUT2D eigenvalue weighted by Crippen LogP contribution is -2.17. The van der Waals surface area contributed by atoms with Gasteiger partial charge in [-0.25, -0.2) is 4.52 Å². The molecule has 0 aliphatic heterocycles. The van der Waals surface area contributed by atoms with Crippen LogP contribution in [0.5, 0.6) is 0 Å². The fourth-order valence-electron chi connectivity index (χ4n) is 1.22. The summed E-state index contributed by atoms with van der Waals surface area (Å²) in [6.07, 6.45) is 1.67. The quantitative estimate of drug-likeness (QED) is 0.562. The van der Waals surface area contributed by atoms with Gasteiger partial charge in [0, 0.05) is 25.4 Å². The zero-order chi connectivity index (χ0) is 8.72. The van der Waals surface area contributed by atoms with Crippen molar-refractivity contribution in [1.29, 1.82) is 0 Å². The molecule has 0 atom stereocenters. The fourth-order valence-corrected chi connectivity index (χ4v) is 1.22. The first-order chi connectivity index (χ1) is 5.68. The largest absolute Gasteiger partial charge is 0.296 e. The Morgan fingerprint density at radius 2 is 2.25 bits per heavy atom. The highest BCUT2D eigenvalue weighted by Gasteiger charge is 2.00. The molecule has 0 unspecified atom stereocenters. The van der Waals surface area contributed by atoms with Crippen LogP contribution < -0.4 is 5.56 Å². The SMILES string of the molecule is Cc1cc2n(C)c(=O)ccn2n1. The summed E-state index contributed by atoms with van der Waals surface area (Å²) in [5.74, 6) is 0. The number of fused-ring (bicyclic) bond motifs is 1. The highest BCUT2D eigenvalue weighted by Crippen LogP contribution is 2.00. The molecule has 12 heavy (non-hydrogen) atoms. The fraction of sp³-hybridized carbons (Fsp3) is 0.250. The van der Waals surface area contributed by atoms with Crippen LogP contribution in [-0.2, 0) is 7.05 Å². The van der Waals surface area contributed by atoms with Gasteiger partial charge in [0.05, 0.1) is 5.69 Å². The van der Waals surface area contributed by atoms with Gasteiger partial charge >= 0.3 is 0 Å². The molecule has 4 nitrogen and oxygen atoms in total.